The number of rotatable bonds is 5. The molecule has 2 aromatic rings. The first-order valence-electron chi connectivity index (χ1n) is 5.98. The van der Waals surface area contributed by atoms with Gasteiger partial charge < -0.3 is 15.8 Å². The minimum absolute atomic E-state index is 0.221. The van der Waals surface area contributed by atoms with Crippen molar-refractivity contribution in [3.8, 4) is 5.88 Å². The number of hydrogen-bond acceptors (Lipinski definition) is 4. The van der Waals surface area contributed by atoms with Crippen LogP contribution >= 0.6 is 0 Å². The SMILES string of the molecule is COc1nc(NCCc2ccc(F)cc2)ccc1N. The fraction of sp³-hybridized carbons (Fsp3) is 0.214. The van der Waals surface area contributed by atoms with Crippen LogP contribution in [0.4, 0.5) is 15.9 Å². The van der Waals surface area contributed by atoms with Gasteiger partial charge in [-0.1, -0.05) is 12.1 Å². The number of halogens is 1. The molecule has 1 aromatic heterocycles. The van der Waals surface area contributed by atoms with Crippen LogP contribution in [0.2, 0.25) is 0 Å². The normalized spacial score (nSPS) is 10.2. The zero-order valence-corrected chi connectivity index (χ0v) is 10.7. The summed E-state index contributed by atoms with van der Waals surface area (Å²) in [6, 6.07) is 10.00. The molecule has 1 heterocycles. The molecule has 19 heavy (non-hydrogen) atoms. The van der Waals surface area contributed by atoms with Crippen LogP contribution in [0.3, 0.4) is 0 Å². The second-order valence-electron chi connectivity index (χ2n) is 4.10. The Hall–Kier alpha value is -2.30. The van der Waals surface area contributed by atoms with E-state index in [-0.39, 0.29) is 5.82 Å². The van der Waals surface area contributed by atoms with Crippen molar-refractivity contribution in [2.24, 2.45) is 0 Å². The average Bonchev–Trinajstić information content (AvgIpc) is 2.43. The molecule has 3 N–H and O–H groups in total. The van der Waals surface area contributed by atoms with E-state index in [1.165, 1.54) is 19.2 Å². The highest BCUT2D eigenvalue weighted by Gasteiger charge is 2.02. The summed E-state index contributed by atoms with van der Waals surface area (Å²) >= 11 is 0. The van der Waals surface area contributed by atoms with Crippen LogP contribution in [0.25, 0.3) is 0 Å². The molecule has 0 saturated heterocycles. The van der Waals surface area contributed by atoms with E-state index in [2.05, 4.69) is 10.3 Å². The van der Waals surface area contributed by atoms with Crippen LogP contribution in [0, 0.1) is 5.82 Å². The summed E-state index contributed by atoms with van der Waals surface area (Å²) in [6.07, 6.45) is 0.786. The van der Waals surface area contributed by atoms with E-state index in [1.54, 1.807) is 24.3 Å². The molecule has 0 atom stereocenters. The van der Waals surface area contributed by atoms with E-state index in [0.717, 1.165) is 12.0 Å². The number of aromatic nitrogens is 1. The van der Waals surface area contributed by atoms with Gasteiger partial charge >= 0.3 is 0 Å². The highest BCUT2D eigenvalue weighted by atomic mass is 19.1. The number of benzene rings is 1. The van der Waals surface area contributed by atoms with Gasteiger partial charge in [-0.15, -0.1) is 0 Å². The minimum Gasteiger partial charge on any atom is -0.479 e. The van der Waals surface area contributed by atoms with Crippen LogP contribution < -0.4 is 15.8 Å². The Labute approximate surface area is 111 Å². The summed E-state index contributed by atoms with van der Waals surface area (Å²) in [5.41, 5.74) is 7.26. The van der Waals surface area contributed by atoms with E-state index in [0.29, 0.717) is 23.9 Å². The zero-order chi connectivity index (χ0) is 13.7. The van der Waals surface area contributed by atoms with Gasteiger partial charge in [0.05, 0.1) is 12.8 Å². The molecule has 0 aliphatic heterocycles. The van der Waals surface area contributed by atoms with Crippen molar-refractivity contribution < 1.29 is 9.13 Å². The Morgan fingerprint density at radius 3 is 2.63 bits per heavy atom. The van der Waals surface area contributed by atoms with Crippen LogP contribution in [0.1, 0.15) is 5.56 Å². The third-order valence-corrected chi connectivity index (χ3v) is 2.72. The van der Waals surface area contributed by atoms with Gasteiger partial charge in [0.2, 0.25) is 5.88 Å². The summed E-state index contributed by atoms with van der Waals surface area (Å²) in [6.45, 7) is 0.700. The number of pyridine rings is 1. The van der Waals surface area contributed by atoms with Gasteiger partial charge in [0.15, 0.2) is 0 Å². The van der Waals surface area contributed by atoms with Gasteiger partial charge in [-0.3, -0.25) is 0 Å². The maximum atomic E-state index is 12.7. The molecule has 0 amide bonds. The maximum Gasteiger partial charge on any atom is 0.238 e. The third kappa shape index (κ3) is 3.58. The Morgan fingerprint density at radius 1 is 1.21 bits per heavy atom. The van der Waals surface area contributed by atoms with Crippen molar-refractivity contribution in [1.82, 2.24) is 4.98 Å². The first kappa shape index (κ1) is 13.1. The summed E-state index contributed by atoms with van der Waals surface area (Å²) < 4.78 is 17.8. The van der Waals surface area contributed by atoms with Gasteiger partial charge in [0.1, 0.15) is 11.6 Å². The summed E-state index contributed by atoms with van der Waals surface area (Å²) in [4.78, 5) is 4.22. The fourth-order valence-corrected chi connectivity index (χ4v) is 1.70. The molecular formula is C14H16FN3O. The summed E-state index contributed by atoms with van der Waals surface area (Å²) in [5, 5.41) is 3.17. The fourth-order valence-electron chi connectivity index (χ4n) is 1.70. The lowest BCUT2D eigenvalue weighted by Gasteiger charge is -2.08. The Balaban J connectivity index is 1.90. The predicted octanol–water partition coefficient (Wildman–Crippen LogP) is 2.47. The molecule has 0 fully saturated rings. The van der Waals surface area contributed by atoms with Crippen molar-refractivity contribution >= 4 is 11.5 Å². The van der Waals surface area contributed by atoms with Gasteiger partial charge in [-0.2, -0.15) is 4.98 Å². The van der Waals surface area contributed by atoms with Gasteiger partial charge in [-0.25, -0.2) is 4.39 Å². The van der Waals surface area contributed by atoms with Crippen molar-refractivity contribution in [2.75, 3.05) is 24.7 Å². The molecule has 100 valence electrons. The van der Waals surface area contributed by atoms with Crippen LogP contribution in [-0.2, 0) is 6.42 Å². The predicted molar refractivity (Wildman–Crippen MR) is 73.8 cm³/mol. The van der Waals surface area contributed by atoms with Gasteiger partial charge in [0, 0.05) is 6.54 Å². The summed E-state index contributed by atoms with van der Waals surface area (Å²) in [5.74, 6) is 0.890. The highest BCUT2D eigenvalue weighted by Crippen LogP contribution is 2.20. The number of nitrogens with one attached hydrogen (secondary N) is 1. The number of nitrogens with two attached hydrogens (primary N) is 1. The van der Waals surface area contributed by atoms with Crippen molar-refractivity contribution in [1.29, 1.82) is 0 Å². The molecule has 2 rings (SSSR count). The van der Waals surface area contributed by atoms with Crippen LogP contribution in [0.15, 0.2) is 36.4 Å². The molecule has 1 aromatic carbocycles. The molecule has 0 radical (unpaired) electrons. The Kier molecular flexibility index (Phi) is 4.18. The lowest BCUT2D eigenvalue weighted by molar-refractivity contribution is 0.401. The average molecular weight is 261 g/mol. The quantitative estimate of drug-likeness (QED) is 0.868. The van der Waals surface area contributed by atoms with Crippen LogP contribution in [0.5, 0.6) is 5.88 Å². The molecule has 5 heteroatoms. The monoisotopic (exact) mass is 261 g/mol. The number of nitrogen functional groups attached to an aromatic ring is 1. The Morgan fingerprint density at radius 2 is 1.95 bits per heavy atom. The number of ether oxygens (including phenoxy) is 1. The molecule has 0 saturated carbocycles. The molecular weight excluding hydrogens is 245 g/mol. The topological polar surface area (TPSA) is 60.2 Å². The van der Waals surface area contributed by atoms with Crippen molar-refractivity contribution in [3.63, 3.8) is 0 Å². The lowest BCUT2D eigenvalue weighted by atomic mass is 10.1. The largest absolute Gasteiger partial charge is 0.479 e. The number of methoxy groups -OCH3 is 1. The Bertz CT molecular complexity index is 543. The first-order valence-corrected chi connectivity index (χ1v) is 5.98. The number of anilines is 2. The second-order valence-corrected chi connectivity index (χ2v) is 4.10. The van der Waals surface area contributed by atoms with Crippen molar-refractivity contribution in [3.05, 3.63) is 47.8 Å². The zero-order valence-electron chi connectivity index (χ0n) is 10.7. The smallest absolute Gasteiger partial charge is 0.238 e. The highest BCUT2D eigenvalue weighted by molar-refractivity contribution is 5.53. The van der Waals surface area contributed by atoms with Crippen molar-refractivity contribution in [2.45, 2.75) is 6.42 Å². The van der Waals surface area contributed by atoms with E-state index >= 15 is 0 Å². The third-order valence-electron chi connectivity index (χ3n) is 2.72. The number of nitrogens with zero attached hydrogens (tertiary/aromatic N) is 1. The second kappa shape index (κ2) is 6.04. The number of hydrogen-bond donors (Lipinski definition) is 2. The van der Waals surface area contributed by atoms with Gasteiger partial charge in [0.25, 0.3) is 0 Å². The molecule has 0 spiro atoms. The van der Waals surface area contributed by atoms with Gasteiger partial charge in [-0.05, 0) is 36.2 Å². The molecule has 0 aliphatic carbocycles. The van der Waals surface area contributed by atoms with E-state index in [9.17, 15) is 4.39 Å². The van der Waals surface area contributed by atoms with E-state index in [4.69, 9.17) is 10.5 Å². The molecule has 4 nitrogen and oxygen atoms in total. The minimum atomic E-state index is -0.221. The van der Waals surface area contributed by atoms with Crippen LogP contribution in [-0.4, -0.2) is 18.6 Å². The first-order chi connectivity index (χ1) is 9.19. The van der Waals surface area contributed by atoms with E-state index in [1.807, 2.05) is 0 Å². The molecule has 0 aliphatic rings. The standard InChI is InChI=1S/C14H16FN3O/c1-19-14-12(16)6-7-13(18-14)17-9-8-10-2-4-11(15)5-3-10/h2-7H,8-9,16H2,1H3,(H,17,18). The van der Waals surface area contributed by atoms with E-state index < -0.39 is 0 Å². The lowest BCUT2D eigenvalue weighted by Crippen LogP contribution is -2.07. The molecule has 0 unspecified atom stereocenters. The summed E-state index contributed by atoms with van der Waals surface area (Å²) in [7, 11) is 1.53. The molecule has 0 bridgehead atoms. The maximum absolute atomic E-state index is 12.7.